The van der Waals surface area contributed by atoms with Crippen LogP contribution in [0, 0.1) is 0 Å². The third-order valence-corrected chi connectivity index (χ3v) is 5.77. The van der Waals surface area contributed by atoms with Crippen LogP contribution < -0.4 is 4.90 Å². The molecule has 2 aliphatic heterocycles. The molecule has 1 amide bonds. The largest absolute Gasteiger partial charge is 0.373 e. The minimum atomic E-state index is -0.0839. The molecule has 1 aromatic heterocycles. The fourth-order valence-corrected chi connectivity index (χ4v) is 4.08. The number of hydrogen-bond donors (Lipinski definition) is 0. The minimum absolute atomic E-state index is 0.0731. The Bertz CT molecular complexity index is 742. The van der Waals surface area contributed by atoms with Crippen molar-refractivity contribution in [3.05, 3.63) is 60.4 Å². The molecule has 2 fully saturated rings. The molecule has 0 aliphatic carbocycles. The highest BCUT2D eigenvalue weighted by molar-refractivity contribution is 5.93. The molecule has 5 heteroatoms. The maximum absolute atomic E-state index is 12.6. The predicted molar refractivity (Wildman–Crippen MR) is 101 cm³/mol. The van der Waals surface area contributed by atoms with Crippen molar-refractivity contribution in [2.75, 3.05) is 31.6 Å². The van der Waals surface area contributed by atoms with Gasteiger partial charge in [-0.15, -0.1) is 0 Å². The number of anilines is 1. The molecule has 26 heavy (non-hydrogen) atoms. The number of ether oxygens (including phenoxy) is 1. The molecular weight excluding hydrogens is 326 g/mol. The van der Waals surface area contributed by atoms with E-state index in [4.69, 9.17) is 4.74 Å². The number of piperidine rings is 1. The molecule has 0 N–H and O–H groups in total. The molecule has 2 saturated heterocycles. The summed E-state index contributed by atoms with van der Waals surface area (Å²) >= 11 is 0. The molecule has 4 rings (SSSR count). The molecular formula is C21H25N3O2. The zero-order valence-electron chi connectivity index (χ0n) is 15.2. The first-order chi connectivity index (χ1) is 12.7. The Balaban J connectivity index is 1.37. The van der Waals surface area contributed by atoms with Gasteiger partial charge in [0, 0.05) is 38.2 Å². The van der Waals surface area contributed by atoms with Gasteiger partial charge in [-0.3, -0.25) is 9.78 Å². The van der Waals surface area contributed by atoms with E-state index >= 15 is 0 Å². The lowest BCUT2D eigenvalue weighted by Crippen LogP contribution is -2.47. The van der Waals surface area contributed by atoms with Crippen LogP contribution in [0.5, 0.6) is 0 Å². The summed E-state index contributed by atoms with van der Waals surface area (Å²) in [5, 5.41) is 0. The molecule has 0 saturated carbocycles. The van der Waals surface area contributed by atoms with Gasteiger partial charge in [-0.2, -0.15) is 0 Å². The van der Waals surface area contributed by atoms with E-state index in [1.165, 1.54) is 5.69 Å². The summed E-state index contributed by atoms with van der Waals surface area (Å²) in [6.45, 7) is 2.24. The zero-order valence-corrected chi connectivity index (χ0v) is 15.2. The van der Waals surface area contributed by atoms with E-state index in [-0.39, 0.29) is 11.5 Å². The van der Waals surface area contributed by atoms with Gasteiger partial charge in [0.1, 0.15) is 0 Å². The lowest BCUT2D eigenvalue weighted by atomic mass is 9.87. The normalized spacial score (nSPS) is 21.7. The van der Waals surface area contributed by atoms with E-state index in [0.29, 0.717) is 11.6 Å². The van der Waals surface area contributed by atoms with E-state index in [0.717, 1.165) is 39.0 Å². The zero-order chi connectivity index (χ0) is 18.0. The molecule has 5 nitrogen and oxygen atoms in total. The first-order valence-electron chi connectivity index (χ1n) is 9.28. The molecule has 136 valence electrons. The Labute approximate surface area is 154 Å². The third-order valence-electron chi connectivity index (χ3n) is 5.77. The topological polar surface area (TPSA) is 45.7 Å². The Morgan fingerprint density at radius 2 is 1.96 bits per heavy atom. The average molecular weight is 351 g/mol. The van der Waals surface area contributed by atoms with Gasteiger partial charge < -0.3 is 14.5 Å². The van der Waals surface area contributed by atoms with Crippen LogP contribution in [-0.2, 0) is 4.74 Å². The molecule has 0 bridgehead atoms. The second-order valence-electron chi connectivity index (χ2n) is 7.33. The first-order valence-corrected chi connectivity index (χ1v) is 9.28. The molecule has 2 aliphatic rings. The van der Waals surface area contributed by atoms with Gasteiger partial charge in [0.05, 0.1) is 23.8 Å². The molecule has 0 unspecified atom stereocenters. The van der Waals surface area contributed by atoms with Crippen molar-refractivity contribution in [3.63, 3.8) is 0 Å². The molecule has 1 aromatic carbocycles. The Hall–Kier alpha value is -2.40. The highest BCUT2D eigenvalue weighted by Gasteiger charge is 2.44. The second-order valence-corrected chi connectivity index (χ2v) is 7.33. The Morgan fingerprint density at radius 3 is 2.65 bits per heavy atom. The molecule has 1 spiro atoms. The maximum Gasteiger partial charge on any atom is 0.255 e. The van der Waals surface area contributed by atoms with Gasteiger partial charge in [-0.05, 0) is 43.5 Å². The predicted octanol–water partition coefficient (Wildman–Crippen LogP) is 2.98. The number of likely N-dealkylation sites (N-methyl/N-ethyl adjacent to an activating group) is 1. The van der Waals surface area contributed by atoms with Crippen molar-refractivity contribution in [2.24, 2.45) is 0 Å². The number of carbonyl (C=O) groups excluding carboxylic acids is 1. The van der Waals surface area contributed by atoms with Crippen molar-refractivity contribution < 1.29 is 9.53 Å². The number of aromatic nitrogens is 1. The number of rotatable bonds is 3. The lowest BCUT2D eigenvalue weighted by Gasteiger charge is -2.39. The number of carbonyl (C=O) groups is 1. The van der Waals surface area contributed by atoms with Gasteiger partial charge in [0.15, 0.2) is 0 Å². The van der Waals surface area contributed by atoms with Crippen LogP contribution in [0.25, 0.3) is 0 Å². The van der Waals surface area contributed by atoms with Crippen molar-refractivity contribution in [1.29, 1.82) is 0 Å². The summed E-state index contributed by atoms with van der Waals surface area (Å²) in [5.41, 5.74) is 1.80. The number of para-hydroxylation sites is 1. The van der Waals surface area contributed by atoms with E-state index in [1.807, 2.05) is 23.1 Å². The minimum Gasteiger partial charge on any atom is -0.373 e. The van der Waals surface area contributed by atoms with Crippen LogP contribution in [0.3, 0.4) is 0 Å². The molecule has 3 heterocycles. The fraction of sp³-hybridized carbons (Fsp3) is 0.429. The smallest absolute Gasteiger partial charge is 0.255 e. The molecule has 1 atom stereocenters. The van der Waals surface area contributed by atoms with Crippen molar-refractivity contribution in [2.45, 2.75) is 30.9 Å². The fourth-order valence-electron chi connectivity index (χ4n) is 4.08. The van der Waals surface area contributed by atoms with Crippen LogP contribution in [0.4, 0.5) is 5.69 Å². The summed E-state index contributed by atoms with van der Waals surface area (Å²) in [6, 6.07) is 14.5. The van der Waals surface area contributed by atoms with Crippen molar-refractivity contribution >= 4 is 11.6 Å². The number of hydrogen-bond acceptors (Lipinski definition) is 4. The van der Waals surface area contributed by atoms with Crippen LogP contribution in [0.15, 0.2) is 54.9 Å². The van der Waals surface area contributed by atoms with E-state index in [9.17, 15) is 4.79 Å². The highest BCUT2D eigenvalue weighted by atomic mass is 16.5. The van der Waals surface area contributed by atoms with E-state index in [1.54, 1.807) is 12.4 Å². The number of likely N-dealkylation sites (tertiary alicyclic amines) is 1. The van der Waals surface area contributed by atoms with E-state index in [2.05, 4.69) is 41.2 Å². The summed E-state index contributed by atoms with van der Waals surface area (Å²) in [5.74, 6) is 0.0731. The average Bonchev–Trinajstić information content (AvgIpc) is 3.12. The molecule has 2 aromatic rings. The number of pyridine rings is 1. The maximum atomic E-state index is 12.6. The standard InChI is InChI=1S/C21H25N3O2/c1-23(18-7-3-2-4-8-18)19-14-21(26-16-19)9-12-24(13-10-21)20(25)17-6-5-11-22-15-17/h2-8,11,15,19H,9-10,12-14,16H2,1H3/t19-/m0/s1. The van der Waals surface area contributed by atoms with Gasteiger partial charge in [0.2, 0.25) is 0 Å². The van der Waals surface area contributed by atoms with Crippen LogP contribution >= 0.6 is 0 Å². The monoisotopic (exact) mass is 351 g/mol. The Morgan fingerprint density at radius 1 is 1.19 bits per heavy atom. The number of amides is 1. The van der Waals surface area contributed by atoms with Crippen LogP contribution in [0.2, 0.25) is 0 Å². The second kappa shape index (κ2) is 7.08. The quantitative estimate of drug-likeness (QED) is 0.853. The van der Waals surface area contributed by atoms with E-state index < -0.39 is 0 Å². The summed E-state index contributed by atoms with van der Waals surface area (Å²) in [4.78, 5) is 20.9. The summed E-state index contributed by atoms with van der Waals surface area (Å²) < 4.78 is 6.28. The SMILES string of the molecule is CN(c1ccccc1)[C@@H]1COC2(CCN(C(=O)c3cccnc3)CC2)C1. The number of benzene rings is 1. The van der Waals surface area contributed by atoms with Gasteiger partial charge in [0.25, 0.3) is 5.91 Å². The van der Waals surface area contributed by atoms with Crippen molar-refractivity contribution in [1.82, 2.24) is 9.88 Å². The third kappa shape index (κ3) is 3.31. The number of nitrogens with zero attached hydrogens (tertiary/aromatic N) is 3. The first kappa shape index (κ1) is 17.0. The summed E-state index contributed by atoms with van der Waals surface area (Å²) in [7, 11) is 2.14. The van der Waals surface area contributed by atoms with Gasteiger partial charge in [-0.25, -0.2) is 0 Å². The Kier molecular flexibility index (Phi) is 4.64. The lowest BCUT2D eigenvalue weighted by molar-refractivity contribution is -0.0388. The highest BCUT2D eigenvalue weighted by Crippen LogP contribution is 2.38. The van der Waals surface area contributed by atoms with Gasteiger partial charge in [-0.1, -0.05) is 18.2 Å². The van der Waals surface area contributed by atoms with Crippen LogP contribution in [-0.4, -0.2) is 54.2 Å². The molecule has 0 radical (unpaired) electrons. The van der Waals surface area contributed by atoms with Gasteiger partial charge >= 0.3 is 0 Å². The van der Waals surface area contributed by atoms with Crippen molar-refractivity contribution in [3.8, 4) is 0 Å². The van der Waals surface area contributed by atoms with Crippen LogP contribution in [0.1, 0.15) is 29.6 Å². The summed E-state index contributed by atoms with van der Waals surface area (Å²) in [6.07, 6.45) is 6.16.